The Bertz CT molecular complexity index is 860. The SMILES string of the molecule is CCOC(=O)CCCOc1ccc2c(c1)N(C)C(=O)N(c1ccc(Cl)cc1)S2. The highest BCUT2D eigenvalue weighted by Crippen LogP contribution is 2.42. The minimum absolute atomic E-state index is 0.153. The summed E-state index contributed by atoms with van der Waals surface area (Å²) in [4.78, 5) is 26.7. The van der Waals surface area contributed by atoms with Gasteiger partial charge in [0.15, 0.2) is 0 Å². The van der Waals surface area contributed by atoms with Crippen molar-refractivity contribution in [3.63, 3.8) is 0 Å². The molecule has 28 heavy (non-hydrogen) atoms. The summed E-state index contributed by atoms with van der Waals surface area (Å²) in [5.41, 5.74) is 1.54. The van der Waals surface area contributed by atoms with Crippen LogP contribution < -0.4 is 13.9 Å². The largest absolute Gasteiger partial charge is 0.494 e. The van der Waals surface area contributed by atoms with Crippen LogP contribution in [-0.4, -0.2) is 32.3 Å². The third-order valence-electron chi connectivity index (χ3n) is 4.10. The van der Waals surface area contributed by atoms with Gasteiger partial charge in [-0.25, -0.2) is 9.10 Å². The lowest BCUT2D eigenvalue weighted by Crippen LogP contribution is -2.40. The first-order valence-corrected chi connectivity index (χ1v) is 10.1. The predicted molar refractivity (Wildman–Crippen MR) is 111 cm³/mol. The molecule has 6 nitrogen and oxygen atoms in total. The van der Waals surface area contributed by atoms with E-state index in [0.717, 1.165) is 16.3 Å². The number of carbonyl (C=O) groups is 2. The number of rotatable bonds is 7. The van der Waals surface area contributed by atoms with E-state index in [1.54, 1.807) is 35.3 Å². The monoisotopic (exact) mass is 420 g/mol. The first kappa shape index (κ1) is 20.4. The molecule has 0 unspecified atom stereocenters. The number of esters is 1. The molecule has 148 valence electrons. The van der Waals surface area contributed by atoms with Crippen LogP contribution in [0.15, 0.2) is 47.4 Å². The molecule has 0 aromatic heterocycles. The number of halogens is 1. The van der Waals surface area contributed by atoms with Gasteiger partial charge < -0.3 is 9.47 Å². The average Bonchev–Trinajstić information content (AvgIpc) is 2.69. The summed E-state index contributed by atoms with van der Waals surface area (Å²) in [7, 11) is 1.73. The topological polar surface area (TPSA) is 59.1 Å². The molecule has 0 atom stereocenters. The van der Waals surface area contributed by atoms with Gasteiger partial charge in [0, 0.05) is 24.6 Å². The highest BCUT2D eigenvalue weighted by Gasteiger charge is 2.30. The minimum atomic E-state index is -0.222. The Labute approximate surface area is 173 Å². The van der Waals surface area contributed by atoms with Crippen LogP contribution in [0.25, 0.3) is 0 Å². The summed E-state index contributed by atoms with van der Waals surface area (Å²) < 4.78 is 12.2. The van der Waals surface area contributed by atoms with Gasteiger partial charge >= 0.3 is 12.0 Å². The summed E-state index contributed by atoms with van der Waals surface area (Å²) >= 11 is 7.30. The molecular formula is C20H21ClN2O4S. The molecule has 1 aliphatic heterocycles. The normalized spacial score (nSPS) is 13.3. The third kappa shape index (κ3) is 4.72. The molecule has 3 rings (SSSR count). The number of benzene rings is 2. The molecule has 0 spiro atoms. The summed E-state index contributed by atoms with van der Waals surface area (Å²) in [6.45, 7) is 2.57. The summed E-state index contributed by atoms with van der Waals surface area (Å²) in [5.74, 6) is 0.434. The van der Waals surface area contributed by atoms with Gasteiger partial charge in [-0.15, -0.1) is 0 Å². The lowest BCUT2D eigenvalue weighted by molar-refractivity contribution is -0.143. The van der Waals surface area contributed by atoms with Crippen molar-refractivity contribution in [2.75, 3.05) is 29.5 Å². The van der Waals surface area contributed by atoms with Crippen LogP contribution in [-0.2, 0) is 9.53 Å². The Hall–Kier alpha value is -2.38. The third-order valence-corrected chi connectivity index (χ3v) is 5.45. The van der Waals surface area contributed by atoms with Crippen molar-refractivity contribution in [3.8, 4) is 5.75 Å². The lowest BCUT2D eigenvalue weighted by atomic mass is 10.2. The van der Waals surface area contributed by atoms with E-state index in [9.17, 15) is 9.59 Å². The Morgan fingerprint density at radius 1 is 1.18 bits per heavy atom. The fraction of sp³-hybridized carbons (Fsp3) is 0.300. The van der Waals surface area contributed by atoms with Crippen molar-refractivity contribution in [2.45, 2.75) is 24.7 Å². The molecule has 0 radical (unpaired) electrons. The molecule has 2 amide bonds. The van der Waals surface area contributed by atoms with Gasteiger partial charge in [-0.3, -0.25) is 9.69 Å². The zero-order chi connectivity index (χ0) is 20.1. The molecule has 0 fully saturated rings. The summed E-state index contributed by atoms with van der Waals surface area (Å²) in [6.07, 6.45) is 0.896. The zero-order valence-electron chi connectivity index (χ0n) is 15.7. The summed E-state index contributed by atoms with van der Waals surface area (Å²) in [6, 6.07) is 12.6. The number of fused-ring (bicyclic) bond motifs is 1. The molecule has 0 saturated carbocycles. The van der Waals surface area contributed by atoms with E-state index in [2.05, 4.69) is 0 Å². The molecule has 0 N–H and O–H groups in total. The van der Waals surface area contributed by atoms with Crippen LogP contribution in [0.1, 0.15) is 19.8 Å². The van der Waals surface area contributed by atoms with Gasteiger partial charge in [0.05, 0.1) is 29.5 Å². The zero-order valence-corrected chi connectivity index (χ0v) is 17.3. The van der Waals surface area contributed by atoms with E-state index in [-0.39, 0.29) is 12.0 Å². The van der Waals surface area contributed by atoms with Crippen molar-refractivity contribution in [1.29, 1.82) is 0 Å². The van der Waals surface area contributed by atoms with Crippen LogP contribution in [0.3, 0.4) is 0 Å². The Kier molecular flexibility index (Phi) is 6.70. The van der Waals surface area contributed by atoms with Crippen LogP contribution in [0, 0.1) is 0 Å². The van der Waals surface area contributed by atoms with Crippen LogP contribution in [0.2, 0.25) is 5.02 Å². The fourth-order valence-electron chi connectivity index (χ4n) is 2.68. The highest BCUT2D eigenvalue weighted by molar-refractivity contribution is 8.01. The van der Waals surface area contributed by atoms with E-state index >= 15 is 0 Å². The van der Waals surface area contributed by atoms with Gasteiger partial charge in [0.1, 0.15) is 5.75 Å². The van der Waals surface area contributed by atoms with E-state index in [1.165, 1.54) is 11.9 Å². The Morgan fingerprint density at radius 2 is 1.93 bits per heavy atom. The van der Waals surface area contributed by atoms with Gasteiger partial charge in [-0.2, -0.15) is 0 Å². The van der Waals surface area contributed by atoms with Crippen molar-refractivity contribution >= 4 is 46.9 Å². The molecule has 0 bridgehead atoms. The molecule has 1 aliphatic rings. The quantitative estimate of drug-likeness (QED) is 0.352. The molecule has 2 aromatic carbocycles. The second-order valence-electron chi connectivity index (χ2n) is 6.09. The first-order chi connectivity index (χ1) is 13.5. The molecule has 0 saturated heterocycles. The van der Waals surface area contributed by atoms with E-state index in [0.29, 0.717) is 36.8 Å². The number of amides is 2. The average molecular weight is 421 g/mol. The van der Waals surface area contributed by atoms with Crippen LogP contribution in [0.4, 0.5) is 16.2 Å². The second kappa shape index (κ2) is 9.21. The maximum atomic E-state index is 12.8. The second-order valence-corrected chi connectivity index (χ2v) is 7.51. The minimum Gasteiger partial charge on any atom is -0.494 e. The highest BCUT2D eigenvalue weighted by atomic mass is 35.5. The molecule has 0 aliphatic carbocycles. The van der Waals surface area contributed by atoms with Crippen LogP contribution >= 0.6 is 23.5 Å². The number of urea groups is 1. The maximum Gasteiger partial charge on any atom is 0.339 e. The number of hydrogen-bond acceptors (Lipinski definition) is 5. The van der Waals surface area contributed by atoms with Gasteiger partial charge in [0.2, 0.25) is 0 Å². The van der Waals surface area contributed by atoms with E-state index in [1.807, 2.05) is 30.3 Å². The number of carbonyl (C=O) groups excluding carboxylic acids is 2. The maximum absolute atomic E-state index is 12.8. The van der Waals surface area contributed by atoms with Gasteiger partial charge in [-0.05, 0) is 61.7 Å². The molecule has 2 aromatic rings. The fourth-order valence-corrected chi connectivity index (χ4v) is 3.85. The number of ether oxygens (including phenoxy) is 2. The van der Waals surface area contributed by atoms with Gasteiger partial charge in [0.25, 0.3) is 0 Å². The number of anilines is 2. The predicted octanol–water partition coefficient (Wildman–Crippen LogP) is 5.15. The molecular weight excluding hydrogens is 400 g/mol. The Balaban J connectivity index is 1.66. The Morgan fingerprint density at radius 3 is 2.64 bits per heavy atom. The van der Waals surface area contributed by atoms with Crippen molar-refractivity contribution in [1.82, 2.24) is 0 Å². The van der Waals surface area contributed by atoms with Crippen molar-refractivity contribution < 1.29 is 19.1 Å². The molecule has 8 heteroatoms. The standard InChI is InChI=1S/C20H21ClN2O4S/c1-3-26-19(24)5-4-12-27-16-10-11-18-17(13-16)22(2)20(25)23(28-18)15-8-6-14(21)7-9-15/h6-11,13H,3-5,12H2,1-2H3. The van der Waals surface area contributed by atoms with Crippen molar-refractivity contribution in [3.05, 3.63) is 47.5 Å². The van der Waals surface area contributed by atoms with Crippen LogP contribution in [0.5, 0.6) is 5.75 Å². The smallest absolute Gasteiger partial charge is 0.339 e. The van der Waals surface area contributed by atoms with Crippen molar-refractivity contribution in [2.24, 2.45) is 0 Å². The number of hydrogen-bond donors (Lipinski definition) is 0. The summed E-state index contributed by atoms with van der Waals surface area (Å²) in [5, 5.41) is 0.622. The molecule has 1 heterocycles. The lowest BCUT2D eigenvalue weighted by Gasteiger charge is -2.33. The first-order valence-electron chi connectivity index (χ1n) is 8.93. The number of nitrogens with zero attached hydrogens (tertiary/aromatic N) is 2. The van der Waals surface area contributed by atoms with Gasteiger partial charge in [-0.1, -0.05) is 11.6 Å². The van der Waals surface area contributed by atoms with E-state index in [4.69, 9.17) is 21.1 Å². The van der Waals surface area contributed by atoms with E-state index < -0.39 is 0 Å².